The molecule has 1 aliphatic rings. The van der Waals surface area contributed by atoms with Crippen LogP contribution in [-0.2, 0) is 9.53 Å². The Kier molecular flexibility index (Phi) is 6.30. The highest BCUT2D eigenvalue weighted by Gasteiger charge is 2.19. The fraction of sp³-hybridized carbons (Fsp3) is 0.368. The van der Waals surface area contributed by atoms with Crippen molar-refractivity contribution in [3.8, 4) is 0 Å². The highest BCUT2D eigenvalue weighted by Crippen LogP contribution is 2.18. The molecule has 0 atom stereocenters. The van der Waals surface area contributed by atoms with E-state index in [0.717, 1.165) is 38.2 Å². The smallest absolute Gasteiger partial charge is 0.374 e. The summed E-state index contributed by atoms with van der Waals surface area (Å²) >= 11 is 5.83. The normalized spacial score (nSPS) is 14.5. The van der Waals surface area contributed by atoms with E-state index in [1.54, 1.807) is 0 Å². The second-order valence-corrected chi connectivity index (χ2v) is 6.98. The van der Waals surface area contributed by atoms with Gasteiger partial charge in [-0.2, -0.15) is 0 Å². The summed E-state index contributed by atoms with van der Waals surface area (Å²) in [5.41, 5.74) is -0.299. The van der Waals surface area contributed by atoms with Gasteiger partial charge in [-0.25, -0.2) is 9.59 Å². The Balaban J connectivity index is 1.54. The van der Waals surface area contributed by atoms with Crippen molar-refractivity contribution in [2.24, 2.45) is 0 Å². The molecule has 0 unspecified atom stereocenters. The molecule has 0 spiro atoms. The van der Waals surface area contributed by atoms with Crippen LogP contribution in [0, 0.1) is 0 Å². The fourth-order valence-corrected chi connectivity index (χ4v) is 3.23. The molecule has 1 aromatic heterocycles. The maximum Gasteiger partial charge on any atom is 0.374 e. The predicted octanol–water partition coefficient (Wildman–Crippen LogP) is 2.76. The minimum Gasteiger partial charge on any atom is -0.450 e. The van der Waals surface area contributed by atoms with Crippen LogP contribution in [-0.4, -0.2) is 30.6 Å². The van der Waals surface area contributed by atoms with Gasteiger partial charge in [-0.1, -0.05) is 30.9 Å². The zero-order valence-corrected chi connectivity index (χ0v) is 15.7. The number of carbonyl (C=O) groups is 3. The first-order valence-corrected chi connectivity index (χ1v) is 9.31. The average molecular weight is 407 g/mol. The van der Waals surface area contributed by atoms with Crippen molar-refractivity contribution in [1.82, 2.24) is 10.6 Å². The third kappa shape index (κ3) is 5.10. The van der Waals surface area contributed by atoms with Gasteiger partial charge >= 0.3 is 12.0 Å². The van der Waals surface area contributed by atoms with Gasteiger partial charge in [0.25, 0.3) is 5.91 Å². The van der Waals surface area contributed by atoms with Crippen molar-refractivity contribution in [2.75, 3.05) is 6.61 Å². The largest absolute Gasteiger partial charge is 0.450 e. The van der Waals surface area contributed by atoms with Crippen molar-refractivity contribution < 1.29 is 23.5 Å². The molecule has 2 aromatic rings. The summed E-state index contributed by atoms with van der Waals surface area (Å²) in [5.74, 6) is -2.12. The molecule has 1 aliphatic carbocycles. The van der Waals surface area contributed by atoms with Gasteiger partial charge in [-0.05, 0) is 31.0 Å². The Morgan fingerprint density at radius 3 is 2.64 bits per heavy atom. The first kappa shape index (κ1) is 19.9. The third-order valence-electron chi connectivity index (χ3n) is 4.42. The molecule has 1 aromatic carbocycles. The standard InChI is InChI=1S/C19H19ClN2O6/c20-11-6-7-15-13(8-11)14(23)9-16(28-15)18(25)27-10-17(24)22-19(26)21-12-4-2-1-3-5-12/h6-9,12H,1-5,10H2,(H2,21,22,24,26). The molecule has 1 fully saturated rings. The highest BCUT2D eigenvalue weighted by molar-refractivity contribution is 6.31. The SMILES string of the molecule is O=C(COC(=O)c1cc(=O)c2cc(Cl)ccc2o1)NC(=O)NC1CCCCC1. The van der Waals surface area contributed by atoms with Crippen LogP contribution in [0.1, 0.15) is 42.7 Å². The molecule has 3 amide bonds. The van der Waals surface area contributed by atoms with E-state index in [9.17, 15) is 19.2 Å². The van der Waals surface area contributed by atoms with E-state index in [-0.39, 0.29) is 22.8 Å². The fourth-order valence-electron chi connectivity index (χ4n) is 3.06. The van der Waals surface area contributed by atoms with E-state index in [1.165, 1.54) is 18.2 Å². The lowest BCUT2D eigenvalue weighted by Gasteiger charge is -2.22. The number of rotatable bonds is 4. The van der Waals surface area contributed by atoms with E-state index < -0.39 is 29.9 Å². The molecule has 2 N–H and O–H groups in total. The minimum atomic E-state index is -0.989. The van der Waals surface area contributed by atoms with Crippen LogP contribution < -0.4 is 16.1 Å². The number of halogens is 1. The Bertz CT molecular complexity index is 965. The quantitative estimate of drug-likeness (QED) is 0.754. The summed E-state index contributed by atoms with van der Waals surface area (Å²) in [6, 6.07) is 4.79. The van der Waals surface area contributed by atoms with E-state index in [2.05, 4.69) is 10.6 Å². The molecule has 0 radical (unpaired) electrons. The Morgan fingerprint density at radius 2 is 1.89 bits per heavy atom. The van der Waals surface area contributed by atoms with Crippen LogP contribution in [0.4, 0.5) is 4.79 Å². The number of benzene rings is 1. The zero-order chi connectivity index (χ0) is 20.1. The molecule has 0 saturated heterocycles. The van der Waals surface area contributed by atoms with Gasteiger partial charge in [0.2, 0.25) is 5.76 Å². The number of ether oxygens (including phenoxy) is 1. The van der Waals surface area contributed by atoms with E-state index in [4.69, 9.17) is 20.8 Å². The Morgan fingerprint density at radius 1 is 1.14 bits per heavy atom. The summed E-state index contributed by atoms with van der Waals surface area (Å²) in [7, 11) is 0. The number of hydrogen-bond acceptors (Lipinski definition) is 6. The van der Waals surface area contributed by atoms with Crippen LogP contribution in [0.15, 0.2) is 33.5 Å². The average Bonchev–Trinajstić information content (AvgIpc) is 2.67. The zero-order valence-electron chi connectivity index (χ0n) is 15.0. The number of imide groups is 1. The summed E-state index contributed by atoms with van der Waals surface area (Å²) in [6.45, 7) is -0.681. The lowest BCUT2D eigenvalue weighted by atomic mass is 9.96. The molecule has 0 aliphatic heterocycles. The van der Waals surface area contributed by atoms with Gasteiger partial charge < -0.3 is 14.5 Å². The number of carbonyl (C=O) groups excluding carboxylic acids is 3. The third-order valence-corrected chi connectivity index (χ3v) is 4.65. The van der Waals surface area contributed by atoms with Gasteiger partial charge in [0, 0.05) is 17.1 Å². The molecular formula is C19H19ClN2O6. The van der Waals surface area contributed by atoms with Gasteiger partial charge in [-0.15, -0.1) is 0 Å². The summed E-state index contributed by atoms with van der Waals surface area (Å²) < 4.78 is 10.1. The van der Waals surface area contributed by atoms with Crippen molar-refractivity contribution in [3.05, 3.63) is 45.3 Å². The second kappa shape index (κ2) is 8.88. The highest BCUT2D eigenvalue weighted by atomic mass is 35.5. The molecular weight excluding hydrogens is 388 g/mol. The molecule has 3 rings (SSSR count). The van der Waals surface area contributed by atoms with Crippen LogP contribution in [0.3, 0.4) is 0 Å². The number of amides is 3. The second-order valence-electron chi connectivity index (χ2n) is 6.55. The molecule has 1 heterocycles. The van der Waals surface area contributed by atoms with E-state index >= 15 is 0 Å². The monoisotopic (exact) mass is 406 g/mol. The van der Waals surface area contributed by atoms with Gasteiger partial charge in [0.1, 0.15) is 5.58 Å². The van der Waals surface area contributed by atoms with Crippen molar-refractivity contribution in [3.63, 3.8) is 0 Å². The van der Waals surface area contributed by atoms with E-state index in [0.29, 0.717) is 5.02 Å². The van der Waals surface area contributed by atoms with Crippen molar-refractivity contribution in [2.45, 2.75) is 38.1 Å². The maximum absolute atomic E-state index is 12.1. The first-order valence-electron chi connectivity index (χ1n) is 8.93. The Labute approximate surface area is 165 Å². The Hall–Kier alpha value is -2.87. The van der Waals surface area contributed by atoms with Gasteiger partial charge in [0.15, 0.2) is 12.0 Å². The predicted molar refractivity (Wildman–Crippen MR) is 101 cm³/mol. The number of nitrogens with one attached hydrogen (secondary N) is 2. The first-order chi connectivity index (χ1) is 13.4. The van der Waals surface area contributed by atoms with Crippen LogP contribution in [0.5, 0.6) is 0 Å². The molecule has 148 valence electrons. The molecule has 28 heavy (non-hydrogen) atoms. The van der Waals surface area contributed by atoms with Crippen LogP contribution in [0.2, 0.25) is 5.02 Å². The number of hydrogen-bond donors (Lipinski definition) is 2. The summed E-state index contributed by atoms with van der Waals surface area (Å²) in [4.78, 5) is 47.7. The number of urea groups is 1. The van der Waals surface area contributed by atoms with Gasteiger partial charge in [0.05, 0.1) is 5.39 Å². The summed E-state index contributed by atoms with van der Waals surface area (Å²) in [5, 5.41) is 5.41. The van der Waals surface area contributed by atoms with Crippen LogP contribution >= 0.6 is 11.6 Å². The van der Waals surface area contributed by atoms with Gasteiger partial charge in [-0.3, -0.25) is 14.9 Å². The lowest BCUT2D eigenvalue weighted by molar-refractivity contribution is -0.123. The van der Waals surface area contributed by atoms with Crippen LogP contribution in [0.25, 0.3) is 11.0 Å². The minimum absolute atomic E-state index is 0.0458. The molecule has 8 nitrogen and oxygen atoms in total. The van der Waals surface area contributed by atoms with E-state index in [1.807, 2.05) is 0 Å². The molecule has 1 saturated carbocycles. The maximum atomic E-state index is 12.1. The van der Waals surface area contributed by atoms with Crippen molar-refractivity contribution >= 4 is 40.5 Å². The summed E-state index contributed by atoms with van der Waals surface area (Å²) in [6.07, 6.45) is 4.98. The number of esters is 1. The molecule has 9 heteroatoms. The number of fused-ring (bicyclic) bond motifs is 1. The lowest BCUT2D eigenvalue weighted by Crippen LogP contribution is -2.46. The molecule has 0 bridgehead atoms. The van der Waals surface area contributed by atoms with Crippen molar-refractivity contribution in [1.29, 1.82) is 0 Å². The topological polar surface area (TPSA) is 115 Å².